The molecule has 6 nitrogen and oxygen atoms in total. The minimum atomic E-state index is -0.487. The molecule has 21 heavy (non-hydrogen) atoms. The average Bonchev–Trinajstić information content (AvgIpc) is 2.53. The number of hydrogen-bond acceptors (Lipinski definition) is 4. The number of pyridine rings is 1. The van der Waals surface area contributed by atoms with E-state index in [2.05, 4.69) is 15.5 Å². The van der Waals surface area contributed by atoms with Crippen molar-refractivity contribution in [1.29, 1.82) is 0 Å². The molecular formula is C15H18N4O2. The fourth-order valence-electron chi connectivity index (χ4n) is 2.18. The predicted molar refractivity (Wildman–Crippen MR) is 81.3 cm³/mol. The molecule has 6 heteroatoms. The average molecular weight is 286 g/mol. The summed E-state index contributed by atoms with van der Waals surface area (Å²) in [6, 6.07) is 8.59. The van der Waals surface area contributed by atoms with Crippen LogP contribution in [0, 0.1) is 0 Å². The predicted octanol–water partition coefficient (Wildman–Crippen LogP) is 1.88. The van der Waals surface area contributed by atoms with E-state index >= 15 is 0 Å². The molecule has 1 aromatic carbocycles. The number of benzene rings is 1. The van der Waals surface area contributed by atoms with E-state index in [1.807, 2.05) is 31.2 Å². The second kappa shape index (κ2) is 6.69. The minimum Gasteiger partial charge on any atom is -0.409 e. The molecule has 0 aliphatic rings. The van der Waals surface area contributed by atoms with Crippen molar-refractivity contribution in [1.82, 2.24) is 10.3 Å². The van der Waals surface area contributed by atoms with E-state index in [1.165, 1.54) is 0 Å². The Kier molecular flexibility index (Phi) is 4.71. The van der Waals surface area contributed by atoms with Crippen molar-refractivity contribution in [3.8, 4) is 0 Å². The van der Waals surface area contributed by atoms with Crippen LogP contribution in [0.2, 0.25) is 0 Å². The van der Waals surface area contributed by atoms with Gasteiger partial charge in [-0.25, -0.2) is 0 Å². The Balaban J connectivity index is 2.29. The Hall–Kier alpha value is -2.63. The van der Waals surface area contributed by atoms with Crippen molar-refractivity contribution in [3.63, 3.8) is 0 Å². The third-order valence-electron chi connectivity index (χ3n) is 3.25. The zero-order valence-electron chi connectivity index (χ0n) is 11.8. The van der Waals surface area contributed by atoms with Gasteiger partial charge in [-0.3, -0.25) is 9.78 Å². The SMILES string of the molecule is CCCC(NC(=O)c1ccnc2ccccc12)/C(N)=N/O. The van der Waals surface area contributed by atoms with Gasteiger partial charge in [0.25, 0.3) is 5.91 Å². The summed E-state index contributed by atoms with van der Waals surface area (Å²) in [6.07, 6.45) is 3.00. The largest absolute Gasteiger partial charge is 0.409 e. The van der Waals surface area contributed by atoms with Crippen molar-refractivity contribution in [2.75, 3.05) is 0 Å². The third kappa shape index (κ3) is 3.28. The number of nitrogens with one attached hydrogen (secondary N) is 1. The van der Waals surface area contributed by atoms with Crippen LogP contribution in [0.5, 0.6) is 0 Å². The number of nitrogens with two attached hydrogens (primary N) is 1. The molecule has 1 heterocycles. The molecule has 4 N–H and O–H groups in total. The van der Waals surface area contributed by atoms with E-state index in [-0.39, 0.29) is 11.7 Å². The minimum absolute atomic E-state index is 0.00330. The maximum absolute atomic E-state index is 12.4. The molecule has 0 fully saturated rings. The van der Waals surface area contributed by atoms with E-state index in [0.29, 0.717) is 12.0 Å². The number of amidine groups is 1. The summed E-state index contributed by atoms with van der Waals surface area (Å²) in [5.41, 5.74) is 6.89. The molecule has 1 atom stereocenters. The van der Waals surface area contributed by atoms with Gasteiger partial charge in [-0.2, -0.15) is 0 Å². The normalized spacial score (nSPS) is 13.1. The number of para-hydroxylation sites is 1. The standard InChI is InChI=1S/C15H18N4O2/c1-2-5-13(14(16)19-21)18-15(20)11-8-9-17-12-7-4-3-6-10(11)12/h3-4,6-9,13,21H,2,5H2,1H3,(H2,16,19)(H,18,20). The molecule has 1 amide bonds. The maximum atomic E-state index is 12.4. The van der Waals surface area contributed by atoms with Crippen LogP contribution in [-0.2, 0) is 0 Å². The van der Waals surface area contributed by atoms with Crippen LogP contribution in [0.25, 0.3) is 10.9 Å². The molecule has 2 aromatic rings. The highest BCUT2D eigenvalue weighted by atomic mass is 16.4. The lowest BCUT2D eigenvalue weighted by Crippen LogP contribution is -2.44. The molecule has 2 rings (SSSR count). The molecule has 110 valence electrons. The fourth-order valence-corrected chi connectivity index (χ4v) is 2.18. The van der Waals surface area contributed by atoms with E-state index < -0.39 is 6.04 Å². The number of amides is 1. The van der Waals surface area contributed by atoms with E-state index in [9.17, 15) is 4.79 Å². The molecule has 1 aromatic heterocycles. The quantitative estimate of drug-likeness (QED) is 0.338. The fraction of sp³-hybridized carbons (Fsp3) is 0.267. The maximum Gasteiger partial charge on any atom is 0.252 e. The highest BCUT2D eigenvalue weighted by Gasteiger charge is 2.18. The first-order valence-corrected chi connectivity index (χ1v) is 6.79. The monoisotopic (exact) mass is 286 g/mol. The molecule has 0 spiro atoms. The molecule has 0 bridgehead atoms. The van der Waals surface area contributed by atoms with Crippen LogP contribution < -0.4 is 11.1 Å². The van der Waals surface area contributed by atoms with Crippen molar-refractivity contribution in [3.05, 3.63) is 42.1 Å². The van der Waals surface area contributed by atoms with Gasteiger partial charge in [0.15, 0.2) is 5.84 Å². The van der Waals surface area contributed by atoms with Crippen molar-refractivity contribution in [2.45, 2.75) is 25.8 Å². The van der Waals surface area contributed by atoms with E-state index in [4.69, 9.17) is 10.9 Å². The van der Waals surface area contributed by atoms with E-state index in [1.54, 1.807) is 12.3 Å². The summed E-state index contributed by atoms with van der Waals surface area (Å²) in [7, 11) is 0. The van der Waals surface area contributed by atoms with Crippen molar-refractivity contribution >= 4 is 22.6 Å². The lowest BCUT2D eigenvalue weighted by molar-refractivity contribution is 0.0946. The van der Waals surface area contributed by atoms with Crippen LogP contribution in [0.1, 0.15) is 30.1 Å². The van der Waals surface area contributed by atoms with Gasteiger partial charge in [0.2, 0.25) is 0 Å². The summed E-state index contributed by atoms with van der Waals surface area (Å²) >= 11 is 0. The molecule has 1 unspecified atom stereocenters. The Labute approximate surface area is 122 Å². The first kappa shape index (κ1) is 14.8. The summed E-state index contributed by atoms with van der Waals surface area (Å²) in [5, 5.41) is 15.3. The van der Waals surface area contributed by atoms with Gasteiger partial charge in [0, 0.05) is 11.6 Å². The summed E-state index contributed by atoms with van der Waals surface area (Å²) in [5.74, 6) is -0.262. The van der Waals surface area contributed by atoms with Gasteiger partial charge in [0.05, 0.1) is 17.1 Å². The Morgan fingerprint density at radius 2 is 2.19 bits per heavy atom. The molecule has 0 saturated carbocycles. The molecule has 0 aliphatic carbocycles. The number of carbonyl (C=O) groups is 1. The second-order valence-electron chi connectivity index (χ2n) is 4.72. The van der Waals surface area contributed by atoms with Gasteiger partial charge in [0.1, 0.15) is 0 Å². The highest BCUT2D eigenvalue weighted by Crippen LogP contribution is 2.16. The summed E-state index contributed by atoms with van der Waals surface area (Å²) < 4.78 is 0. The topological polar surface area (TPSA) is 101 Å². The lowest BCUT2D eigenvalue weighted by atomic mass is 10.1. The van der Waals surface area contributed by atoms with Crippen LogP contribution in [0.3, 0.4) is 0 Å². The number of nitrogens with zero attached hydrogens (tertiary/aromatic N) is 2. The summed E-state index contributed by atoms with van der Waals surface area (Å²) in [4.78, 5) is 16.7. The lowest BCUT2D eigenvalue weighted by Gasteiger charge is -2.17. The zero-order valence-corrected chi connectivity index (χ0v) is 11.8. The molecule has 0 saturated heterocycles. The molecular weight excluding hydrogens is 268 g/mol. The Morgan fingerprint density at radius 3 is 2.90 bits per heavy atom. The molecule has 0 aliphatic heterocycles. The molecule has 0 radical (unpaired) electrons. The number of hydrogen-bond donors (Lipinski definition) is 3. The van der Waals surface area contributed by atoms with Gasteiger partial charge in [-0.15, -0.1) is 0 Å². The third-order valence-corrected chi connectivity index (χ3v) is 3.25. The Morgan fingerprint density at radius 1 is 1.43 bits per heavy atom. The van der Waals surface area contributed by atoms with Crippen LogP contribution in [0.4, 0.5) is 0 Å². The van der Waals surface area contributed by atoms with Gasteiger partial charge < -0.3 is 16.3 Å². The number of aromatic nitrogens is 1. The number of oxime groups is 1. The number of carbonyl (C=O) groups excluding carboxylic acids is 1. The number of fused-ring (bicyclic) bond motifs is 1. The first-order valence-electron chi connectivity index (χ1n) is 6.79. The van der Waals surface area contributed by atoms with Crippen molar-refractivity contribution in [2.24, 2.45) is 10.9 Å². The zero-order chi connectivity index (χ0) is 15.2. The van der Waals surface area contributed by atoms with Crippen LogP contribution in [-0.4, -0.2) is 28.0 Å². The van der Waals surface area contributed by atoms with E-state index in [0.717, 1.165) is 17.3 Å². The second-order valence-corrected chi connectivity index (χ2v) is 4.72. The first-order chi connectivity index (χ1) is 10.2. The van der Waals surface area contributed by atoms with Crippen LogP contribution in [0.15, 0.2) is 41.7 Å². The smallest absolute Gasteiger partial charge is 0.252 e. The van der Waals surface area contributed by atoms with Gasteiger partial charge in [-0.05, 0) is 18.6 Å². The van der Waals surface area contributed by atoms with Gasteiger partial charge in [-0.1, -0.05) is 36.7 Å². The summed E-state index contributed by atoms with van der Waals surface area (Å²) in [6.45, 7) is 1.96. The number of rotatable bonds is 5. The van der Waals surface area contributed by atoms with Gasteiger partial charge >= 0.3 is 0 Å². The van der Waals surface area contributed by atoms with Crippen molar-refractivity contribution < 1.29 is 10.0 Å². The Bertz CT molecular complexity index is 664. The highest BCUT2D eigenvalue weighted by molar-refractivity contribution is 6.07. The van der Waals surface area contributed by atoms with Crippen LogP contribution >= 0.6 is 0 Å².